The van der Waals surface area contributed by atoms with Gasteiger partial charge < -0.3 is 14.2 Å². The molecule has 16 heavy (non-hydrogen) atoms. The molecule has 0 heterocycles. The van der Waals surface area contributed by atoms with Crippen LogP contribution in [0.15, 0.2) is 18.2 Å². The average molecular weight is 220 g/mol. The lowest BCUT2D eigenvalue weighted by atomic mass is 10.3. The number of nitrogens with zero attached hydrogens (tertiary/aromatic N) is 2. The Morgan fingerprint density at radius 1 is 0.875 bits per heavy atom. The Kier molecular flexibility index (Phi) is 6.76. The van der Waals surface area contributed by atoms with E-state index in [2.05, 4.69) is 0 Å². The van der Waals surface area contributed by atoms with Crippen molar-refractivity contribution in [3.05, 3.63) is 18.2 Å². The van der Waals surface area contributed by atoms with Crippen LogP contribution in [0.25, 0.3) is 0 Å². The second-order valence-corrected chi connectivity index (χ2v) is 2.42. The van der Waals surface area contributed by atoms with Gasteiger partial charge in [-0.15, -0.1) is 0 Å². The molecule has 1 aromatic rings. The Morgan fingerprint density at radius 3 is 1.56 bits per heavy atom. The van der Waals surface area contributed by atoms with E-state index < -0.39 is 0 Å². The number of ether oxygens (including phenoxy) is 3. The fourth-order valence-electron chi connectivity index (χ4n) is 1.02. The van der Waals surface area contributed by atoms with Gasteiger partial charge >= 0.3 is 0 Å². The van der Waals surface area contributed by atoms with E-state index in [1.54, 1.807) is 21.3 Å². The molecule has 0 aliphatic rings. The molecule has 0 aliphatic heterocycles. The fourth-order valence-corrected chi connectivity index (χ4v) is 1.02. The van der Waals surface area contributed by atoms with Crippen molar-refractivity contribution in [1.29, 1.82) is 10.5 Å². The highest BCUT2D eigenvalue weighted by Gasteiger charge is 2.08. The van der Waals surface area contributed by atoms with Crippen LogP contribution in [-0.4, -0.2) is 21.3 Å². The van der Waals surface area contributed by atoms with E-state index in [1.807, 2.05) is 18.2 Å². The van der Waals surface area contributed by atoms with E-state index in [0.29, 0.717) is 17.2 Å². The molecule has 0 aromatic heterocycles. The quantitative estimate of drug-likeness (QED) is 0.775. The Bertz CT molecular complexity index is 370. The standard InChI is InChI=1S/C9H12O3.C2N2/c1-10-7-5-4-6-8(11-2)9(7)12-3;3-1-2-4/h4-6H,1-3H3;. The minimum atomic E-state index is 0.627. The second kappa shape index (κ2) is 7.95. The van der Waals surface area contributed by atoms with Crippen molar-refractivity contribution in [3.8, 4) is 29.4 Å². The van der Waals surface area contributed by atoms with Gasteiger partial charge in [-0.1, -0.05) is 6.07 Å². The van der Waals surface area contributed by atoms with Crippen molar-refractivity contribution >= 4 is 0 Å². The van der Waals surface area contributed by atoms with Gasteiger partial charge in [-0.2, -0.15) is 10.5 Å². The number of rotatable bonds is 3. The maximum absolute atomic E-state index is 7.26. The monoisotopic (exact) mass is 220 g/mol. The normalized spacial score (nSPS) is 7.56. The van der Waals surface area contributed by atoms with Gasteiger partial charge in [0.1, 0.15) is 0 Å². The SMILES string of the molecule is COc1cccc(OC)c1OC.N#CC#N. The first-order valence-corrected chi connectivity index (χ1v) is 4.28. The Hall–Kier alpha value is -2.40. The summed E-state index contributed by atoms with van der Waals surface area (Å²) in [6.07, 6.45) is 0. The highest BCUT2D eigenvalue weighted by molar-refractivity contribution is 5.50. The zero-order valence-corrected chi connectivity index (χ0v) is 9.35. The fraction of sp³-hybridized carbons (Fsp3) is 0.273. The minimum Gasteiger partial charge on any atom is -0.493 e. The molecule has 0 saturated carbocycles. The molecule has 0 aliphatic carbocycles. The number of para-hydroxylation sites is 1. The first-order valence-electron chi connectivity index (χ1n) is 4.28. The highest BCUT2D eigenvalue weighted by Crippen LogP contribution is 2.35. The third-order valence-corrected chi connectivity index (χ3v) is 1.64. The number of hydrogen-bond donors (Lipinski definition) is 0. The van der Waals surface area contributed by atoms with Crippen LogP contribution in [0.3, 0.4) is 0 Å². The van der Waals surface area contributed by atoms with E-state index in [-0.39, 0.29) is 0 Å². The summed E-state index contributed by atoms with van der Waals surface area (Å²) in [7, 11) is 4.77. The second-order valence-electron chi connectivity index (χ2n) is 2.42. The summed E-state index contributed by atoms with van der Waals surface area (Å²) in [4.78, 5) is 0. The Labute approximate surface area is 94.4 Å². The molecule has 0 bridgehead atoms. The van der Waals surface area contributed by atoms with Gasteiger partial charge in [0.2, 0.25) is 5.75 Å². The first-order chi connectivity index (χ1) is 7.74. The van der Waals surface area contributed by atoms with Crippen LogP contribution < -0.4 is 14.2 Å². The molecule has 0 amide bonds. The molecule has 0 atom stereocenters. The zero-order valence-electron chi connectivity index (χ0n) is 9.35. The largest absolute Gasteiger partial charge is 0.493 e. The molecule has 0 saturated heterocycles. The van der Waals surface area contributed by atoms with Gasteiger partial charge in [0.05, 0.1) is 21.3 Å². The Morgan fingerprint density at radius 2 is 1.31 bits per heavy atom. The molecule has 0 fully saturated rings. The van der Waals surface area contributed by atoms with Crippen LogP contribution in [-0.2, 0) is 0 Å². The number of methoxy groups -OCH3 is 3. The van der Waals surface area contributed by atoms with E-state index in [1.165, 1.54) is 12.1 Å². The summed E-state index contributed by atoms with van der Waals surface area (Å²) in [5.74, 6) is 1.98. The van der Waals surface area contributed by atoms with Crippen molar-refractivity contribution in [2.75, 3.05) is 21.3 Å². The highest BCUT2D eigenvalue weighted by atomic mass is 16.5. The van der Waals surface area contributed by atoms with Crippen molar-refractivity contribution in [1.82, 2.24) is 0 Å². The van der Waals surface area contributed by atoms with Gasteiger partial charge in [0.25, 0.3) is 0 Å². The van der Waals surface area contributed by atoms with Gasteiger partial charge in [-0.3, -0.25) is 0 Å². The lowest BCUT2D eigenvalue weighted by Gasteiger charge is -2.10. The third kappa shape index (κ3) is 3.77. The topological polar surface area (TPSA) is 75.3 Å². The zero-order chi connectivity index (χ0) is 12.4. The van der Waals surface area contributed by atoms with E-state index in [0.717, 1.165) is 0 Å². The molecule has 0 radical (unpaired) electrons. The number of nitriles is 2. The predicted molar refractivity (Wildman–Crippen MR) is 57.3 cm³/mol. The van der Waals surface area contributed by atoms with E-state index in [4.69, 9.17) is 24.7 Å². The predicted octanol–water partition coefficient (Wildman–Crippen LogP) is 1.75. The van der Waals surface area contributed by atoms with Crippen LogP contribution in [0, 0.1) is 22.7 Å². The summed E-state index contributed by atoms with van der Waals surface area (Å²) < 4.78 is 15.3. The molecule has 5 nitrogen and oxygen atoms in total. The molecule has 84 valence electrons. The van der Waals surface area contributed by atoms with Crippen LogP contribution in [0.5, 0.6) is 17.2 Å². The van der Waals surface area contributed by atoms with E-state index in [9.17, 15) is 0 Å². The maximum atomic E-state index is 7.26. The lowest BCUT2D eigenvalue weighted by Crippen LogP contribution is -1.93. The van der Waals surface area contributed by atoms with Crippen LogP contribution in [0.2, 0.25) is 0 Å². The van der Waals surface area contributed by atoms with E-state index >= 15 is 0 Å². The molecule has 1 rings (SSSR count). The van der Waals surface area contributed by atoms with Crippen molar-refractivity contribution in [2.45, 2.75) is 0 Å². The van der Waals surface area contributed by atoms with Gasteiger partial charge in [-0.05, 0) is 12.1 Å². The summed E-state index contributed by atoms with van der Waals surface area (Å²) in [6, 6.07) is 7.96. The first kappa shape index (κ1) is 13.6. The van der Waals surface area contributed by atoms with Crippen molar-refractivity contribution in [2.24, 2.45) is 0 Å². The maximum Gasteiger partial charge on any atom is 0.203 e. The third-order valence-electron chi connectivity index (χ3n) is 1.64. The average Bonchev–Trinajstić information content (AvgIpc) is 2.37. The molecular weight excluding hydrogens is 208 g/mol. The molecule has 1 aromatic carbocycles. The molecule has 0 spiro atoms. The number of hydrogen-bond acceptors (Lipinski definition) is 5. The van der Waals surface area contributed by atoms with Gasteiger partial charge in [0, 0.05) is 0 Å². The summed E-state index contributed by atoms with van der Waals surface area (Å²) in [5.41, 5.74) is 0. The smallest absolute Gasteiger partial charge is 0.203 e. The summed E-state index contributed by atoms with van der Waals surface area (Å²) >= 11 is 0. The molecular formula is C11H12N2O3. The lowest BCUT2D eigenvalue weighted by molar-refractivity contribution is 0.324. The minimum absolute atomic E-state index is 0.627. The number of benzene rings is 1. The Balaban J connectivity index is 0.000000487. The molecule has 0 N–H and O–H groups in total. The van der Waals surface area contributed by atoms with Gasteiger partial charge in [-0.25, -0.2) is 0 Å². The summed E-state index contributed by atoms with van der Waals surface area (Å²) in [6.45, 7) is 0. The molecule has 5 heteroatoms. The van der Waals surface area contributed by atoms with Crippen LogP contribution >= 0.6 is 0 Å². The van der Waals surface area contributed by atoms with Crippen molar-refractivity contribution in [3.63, 3.8) is 0 Å². The summed E-state index contributed by atoms with van der Waals surface area (Å²) in [5, 5.41) is 14.5. The van der Waals surface area contributed by atoms with Crippen molar-refractivity contribution < 1.29 is 14.2 Å². The van der Waals surface area contributed by atoms with Crippen LogP contribution in [0.4, 0.5) is 0 Å². The molecule has 0 unspecified atom stereocenters. The van der Waals surface area contributed by atoms with Gasteiger partial charge in [0.15, 0.2) is 23.6 Å². The van der Waals surface area contributed by atoms with Crippen LogP contribution in [0.1, 0.15) is 0 Å².